The van der Waals surface area contributed by atoms with Crippen molar-refractivity contribution >= 4 is 12.4 Å². The van der Waals surface area contributed by atoms with Crippen LogP contribution in [-0.4, -0.2) is 0 Å². The van der Waals surface area contributed by atoms with Gasteiger partial charge in [-0.25, -0.2) is 13.2 Å². The molecule has 0 bridgehead atoms. The van der Waals surface area contributed by atoms with Gasteiger partial charge in [-0.3, -0.25) is 0 Å². The van der Waals surface area contributed by atoms with Gasteiger partial charge < -0.3 is 5.73 Å². The molecule has 0 spiro atoms. The molecule has 0 saturated carbocycles. The van der Waals surface area contributed by atoms with Gasteiger partial charge in [0.25, 0.3) is 0 Å². The molecule has 0 aliphatic heterocycles. The van der Waals surface area contributed by atoms with E-state index >= 15 is 0 Å². The second-order valence-corrected chi connectivity index (χ2v) is 4.37. The molecule has 5 heteroatoms. The summed E-state index contributed by atoms with van der Waals surface area (Å²) in [6.07, 6.45) is 1.30. The Bertz CT molecular complexity index is 369. The summed E-state index contributed by atoms with van der Waals surface area (Å²) in [7, 11) is 0. The van der Waals surface area contributed by atoms with E-state index < -0.39 is 23.5 Å². The van der Waals surface area contributed by atoms with Gasteiger partial charge in [-0.05, 0) is 24.8 Å². The second-order valence-electron chi connectivity index (χ2n) is 4.37. The predicted octanol–water partition coefficient (Wildman–Crippen LogP) is 3.96. The van der Waals surface area contributed by atoms with Gasteiger partial charge in [0.15, 0.2) is 11.6 Å². The summed E-state index contributed by atoms with van der Waals surface area (Å²) >= 11 is 0. The molecule has 17 heavy (non-hydrogen) atoms. The minimum Gasteiger partial charge on any atom is -0.324 e. The van der Waals surface area contributed by atoms with Gasteiger partial charge in [-0.1, -0.05) is 13.8 Å². The summed E-state index contributed by atoms with van der Waals surface area (Å²) in [5, 5.41) is 0. The van der Waals surface area contributed by atoms with Crippen LogP contribution >= 0.6 is 12.4 Å². The summed E-state index contributed by atoms with van der Waals surface area (Å²) in [6, 6.07) is 0.824. The van der Waals surface area contributed by atoms with E-state index in [4.69, 9.17) is 5.73 Å². The molecular formula is C12H17ClF3N. The number of rotatable bonds is 4. The number of benzene rings is 1. The average Bonchev–Trinajstić information content (AvgIpc) is 2.19. The van der Waals surface area contributed by atoms with Crippen molar-refractivity contribution in [2.75, 3.05) is 0 Å². The van der Waals surface area contributed by atoms with Crippen LogP contribution in [0.15, 0.2) is 12.1 Å². The normalized spacial score (nSPS) is 12.4. The molecule has 0 aliphatic rings. The van der Waals surface area contributed by atoms with Crippen LogP contribution in [0.4, 0.5) is 13.2 Å². The highest BCUT2D eigenvalue weighted by Gasteiger charge is 2.17. The Labute approximate surface area is 106 Å². The second kappa shape index (κ2) is 6.87. The van der Waals surface area contributed by atoms with E-state index in [9.17, 15) is 13.2 Å². The molecule has 0 saturated heterocycles. The fourth-order valence-electron chi connectivity index (χ4n) is 1.51. The standard InChI is InChI=1S/C12H16F3N.ClH/c1-7(2)3-4-11(16)9-5-8(13)6-10(14)12(9)15;/h5-7,11H,3-4,16H2,1-2H3;1H/t11-;/m0./s1. The molecule has 1 nitrogen and oxygen atoms in total. The lowest BCUT2D eigenvalue weighted by atomic mass is 9.98. The zero-order valence-electron chi connectivity index (χ0n) is 9.84. The molecule has 1 aromatic rings. The summed E-state index contributed by atoms with van der Waals surface area (Å²) in [4.78, 5) is 0. The third kappa shape index (κ3) is 4.56. The highest BCUT2D eigenvalue weighted by Crippen LogP contribution is 2.23. The highest BCUT2D eigenvalue weighted by molar-refractivity contribution is 5.85. The van der Waals surface area contributed by atoms with Gasteiger partial charge in [0.05, 0.1) is 0 Å². The van der Waals surface area contributed by atoms with Gasteiger partial charge in [-0.15, -0.1) is 12.4 Å². The zero-order chi connectivity index (χ0) is 12.3. The van der Waals surface area contributed by atoms with Crippen LogP contribution < -0.4 is 5.73 Å². The molecule has 0 fully saturated rings. The van der Waals surface area contributed by atoms with Crippen LogP contribution in [0, 0.1) is 23.4 Å². The molecule has 0 radical (unpaired) electrons. The van der Waals surface area contributed by atoms with Gasteiger partial charge in [0.2, 0.25) is 0 Å². The van der Waals surface area contributed by atoms with E-state index in [2.05, 4.69) is 0 Å². The minimum atomic E-state index is -1.19. The lowest BCUT2D eigenvalue weighted by Gasteiger charge is -2.14. The number of nitrogens with two attached hydrogens (primary N) is 1. The van der Waals surface area contributed by atoms with Crippen molar-refractivity contribution in [2.24, 2.45) is 11.7 Å². The Morgan fingerprint density at radius 2 is 1.71 bits per heavy atom. The van der Waals surface area contributed by atoms with Crippen molar-refractivity contribution in [1.82, 2.24) is 0 Å². The molecule has 1 aromatic carbocycles. The zero-order valence-corrected chi connectivity index (χ0v) is 10.7. The third-order valence-corrected chi connectivity index (χ3v) is 2.48. The van der Waals surface area contributed by atoms with Crippen molar-refractivity contribution in [2.45, 2.75) is 32.7 Å². The molecule has 1 rings (SSSR count). The third-order valence-electron chi connectivity index (χ3n) is 2.48. The van der Waals surface area contributed by atoms with Crippen molar-refractivity contribution < 1.29 is 13.2 Å². The average molecular weight is 268 g/mol. The van der Waals surface area contributed by atoms with Crippen LogP contribution in [0.5, 0.6) is 0 Å². The first-order valence-electron chi connectivity index (χ1n) is 5.31. The first kappa shape index (κ1) is 16.3. The molecule has 1 atom stereocenters. The molecular weight excluding hydrogens is 251 g/mol. The van der Waals surface area contributed by atoms with Crippen molar-refractivity contribution in [1.29, 1.82) is 0 Å². The van der Waals surface area contributed by atoms with Gasteiger partial charge in [0.1, 0.15) is 5.82 Å². The molecule has 0 aromatic heterocycles. The Hall–Kier alpha value is -0.740. The molecule has 0 heterocycles. The molecule has 0 amide bonds. The van der Waals surface area contributed by atoms with Crippen LogP contribution in [-0.2, 0) is 0 Å². The predicted molar refractivity (Wildman–Crippen MR) is 64.6 cm³/mol. The van der Waals surface area contributed by atoms with Crippen molar-refractivity contribution in [3.63, 3.8) is 0 Å². The lowest BCUT2D eigenvalue weighted by Crippen LogP contribution is -2.14. The van der Waals surface area contributed by atoms with Crippen molar-refractivity contribution in [3.8, 4) is 0 Å². The van der Waals surface area contributed by atoms with E-state index in [1.54, 1.807) is 0 Å². The Balaban J connectivity index is 0.00000256. The Morgan fingerprint density at radius 3 is 2.24 bits per heavy atom. The molecule has 0 unspecified atom stereocenters. The number of halogens is 4. The number of hydrogen-bond donors (Lipinski definition) is 1. The lowest BCUT2D eigenvalue weighted by molar-refractivity contribution is 0.454. The van der Waals surface area contributed by atoms with E-state index in [0.29, 0.717) is 18.4 Å². The first-order valence-corrected chi connectivity index (χ1v) is 5.31. The van der Waals surface area contributed by atoms with Gasteiger partial charge >= 0.3 is 0 Å². The maximum Gasteiger partial charge on any atom is 0.163 e. The summed E-state index contributed by atoms with van der Waals surface area (Å²) in [5.74, 6) is -2.60. The maximum atomic E-state index is 13.3. The molecule has 98 valence electrons. The minimum absolute atomic E-state index is 0. The van der Waals surface area contributed by atoms with Crippen LogP contribution in [0.3, 0.4) is 0 Å². The largest absolute Gasteiger partial charge is 0.324 e. The van der Waals surface area contributed by atoms with Gasteiger partial charge in [0, 0.05) is 17.7 Å². The summed E-state index contributed by atoms with van der Waals surface area (Å²) < 4.78 is 39.2. The van der Waals surface area contributed by atoms with E-state index in [1.807, 2.05) is 13.8 Å². The smallest absolute Gasteiger partial charge is 0.163 e. The van der Waals surface area contributed by atoms with Crippen LogP contribution in [0.1, 0.15) is 38.3 Å². The van der Waals surface area contributed by atoms with E-state index in [-0.39, 0.29) is 18.0 Å². The van der Waals surface area contributed by atoms with Gasteiger partial charge in [-0.2, -0.15) is 0 Å². The van der Waals surface area contributed by atoms with E-state index in [1.165, 1.54) is 0 Å². The topological polar surface area (TPSA) is 26.0 Å². The fourth-order valence-corrected chi connectivity index (χ4v) is 1.51. The van der Waals surface area contributed by atoms with Crippen molar-refractivity contribution in [3.05, 3.63) is 35.1 Å². The first-order chi connectivity index (χ1) is 7.41. The Morgan fingerprint density at radius 1 is 1.12 bits per heavy atom. The quantitative estimate of drug-likeness (QED) is 0.821. The maximum absolute atomic E-state index is 13.3. The highest BCUT2D eigenvalue weighted by atomic mass is 35.5. The fraction of sp³-hybridized carbons (Fsp3) is 0.500. The number of hydrogen-bond acceptors (Lipinski definition) is 1. The monoisotopic (exact) mass is 267 g/mol. The van der Waals surface area contributed by atoms with Crippen LogP contribution in [0.25, 0.3) is 0 Å². The molecule has 2 N–H and O–H groups in total. The van der Waals surface area contributed by atoms with E-state index in [0.717, 1.165) is 12.5 Å². The summed E-state index contributed by atoms with van der Waals surface area (Å²) in [6.45, 7) is 4.02. The Kier molecular flexibility index (Phi) is 6.57. The summed E-state index contributed by atoms with van der Waals surface area (Å²) in [5.41, 5.74) is 5.62. The SMILES string of the molecule is CC(C)CC[C@H](N)c1cc(F)cc(F)c1F.Cl. The molecule has 0 aliphatic carbocycles. The van der Waals surface area contributed by atoms with Crippen LogP contribution in [0.2, 0.25) is 0 Å².